The number of rotatable bonds is 5. The van der Waals surface area contributed by atoms with E-state index in [9.17, 15) is 13.2 Å². The summed E-state index contributed by atoms with van der Waals surface area (Å²) < 4.78 is 31.0. The number of sulfonamides is 1. The van der Waals surface area contributed by atoms with Gasteiger partial charge < -0.3 is 9.64 Å². The highest BCUT2D eigenvalue weighted by atomic mass is 32.2. The fraction of sp³-hybridized carbons (Fsp3) is 0.500. The molecule has 1 fully saturated rings. The molecule has 1 unspecified atom stereocenters. The van der Waals surface area contributed by atoms with Gasteiger partial charge in [0.15, 0.2) is 0 Å². The zero-order valence-electron chi connectivity index (χ0n) is 12.2. The van der Waals surface area contributed by atoms with Gasteiger partial charge in [0.2, 0.25) is 10.0 Å². The molecule has 7 heteroatoms. The minimum absolute atomic E-state index is 0.224. The first kappa shape index (κ1) is 15.8. The normalized spacial score (nSPS) is 18.8. The highest BCUT2D eigenvalue weighted by Gasteiger charge is 2.31. The van der Waals surface area contributed by atoms with Crippen molar-refractivity contribution in [2.45, 2.75) is 30.7 Å². The third-order valence-corrected chi connectivity index (χ3v) is 5.10. The van der Waals surface area contributed by atoms with Crippen LogP contribution < -0.4 is 9.62 Å². The molecule has 1 atom stereocenters. The number of nitrogens with one attached hydrogen (secondary N) is 1. The third kappa shape index (κ3) is 3.36. The van der Waals surface area contributed by atoms with Gasteiger partial charge in [-0.1, -0.05) is 6.92 Å². The first-order valence-electron chi connectivity index (χ1n) is 6.94. The van der Waals surface area contributed by atoms with Gasteiger partial charge in [0.05, 0.1) is 12.0 Å². The van der Waals surface area contributed by atoms with Gasteiger partial charge in [-0.3, -0.25) is 0 Å². The maximum Gasteiger partial charge on any atom is 0.328 e. The lowest BCUT2D eigenvalue weighted by molar-refractivity contribution is -0.141. The van der Waals surface area contributed by atoms with Crippen molar-refractivity contribution in [3.05, 3.63) is 24.3 Å². The lowest BCUT2D eigenvalue weighted by atomic mass is 10.2. The summed E-state index contributed by atoms with van der Waals surface area (Å²) in [5.74, 6) is -0.253. The molecule has 0 aliphatic carbocycles. The van der Waals surface area contributed by atoms with Gasteiger partial charge in [-0.25, -0.2) is 17.9 Å². The van der Waals surface area contributed by atoms with Crippen LogP contribution in [-0.4, -0.2) is 40.6 Å². The molecule has 1 N–H and O–H groups in total. The smallest absolute Gasteiger partial charge is 0.328 e. The number of anilines is 1. The van der Waals surface area contributed by atoms with Crippen LogP contribution in [-0.2, 0) is 19.6 Å². The van der Waals surface area contributed by atoms with Crippen molar-refractivity contribution < 1.29 is 17.9 Å². The molecule has 1 aliphatic rings. The summed E-state index contributed by atoms with van der Waals surface area (Å²) in [5, 5.41) is 0. The van der Waals surface area contributed by atoms with Gasteiger partial charge in [0, 0.05) is 18.8 Å². The molecule has 21 heavy (non-hydrogen) atoms. The number of ether oxygens (including phenoxy) is 1. The Labute approximate surface area is 125 Å². The molecule has 1 saturated heterocycles. The van der Waals surface area contributed by atoms with Crippen LogP contribution in [0.15, 0.2) is 29.2 Å². The van der Waals surface area contributed by atoms with Gasteiger partial charge in [-0.15, -0.1) is 0 Å². The van der Waals surface area contributed by atoms with Crippen LogP contribution in [0.1, 0.15) is 19.8 Å². The first-order valence-corrected chi connectivity index (χ1v) is 8.42. The van der Waals surface area contributed by atoms with E-state index >= 15 is 0 Å². The van der Waals surface area contributed by atoms with Crippen LogP contribution in [0.25, 0.3) is 0 Å². The molecule has 116 valence electrons. The van der Waals surface area contributed by atoms with E-state index in [1.54, 1.807) is 31.2 Å². The third-order valence-electron chi connectivity index (χ3n) is 3.54. The molecule has 2 rings (SSSR count). The van der Waals surface area contributed by atoms with Crippen molar-refractivity contribution in [3.8, 4) is 0 Å². The van der Waals surface area contributed by atoms with Gasteiger partial charge >= 0.3 is 5.97 Å². The van der Waals surface area contributed by atoms with E-state index in [0.717, 1.165) is 25.1 Å². The quantitative estimate of drug-likeness (QED) is 0.825. The molecule has 0 bridgehead atoms. The van der Waals surface area contributed by atoms with Crippen LogP contribution in [0.2, 0.25) is 0 Å². The minimum atomic E-state index is -3.45. The predicted octanol–water partition coefficient (Wildman–Crippen LogP) is 1.13. The second-order valence-electron chi connectivity index (χ2n) is 4.87. The Morgan fingerprint density at radius 3 is 2.62 bits per heavy atom. The molecule has 0 radical (unpaired) electrons. The van der Waals surface area contributed by atoms with E-state index in [1.165, 1.54) is 7.11 Å². The van der Waals surface area contributed by atoms with Crippen LogP contribution >= 0.6 is 0 Å². The molecule has 1 heterocycles. The van der Waals surface area contributed by atoms with Gasteiger partial charge in [0.25, 0.3) is 0 Å². The monoisotopic (exact) mass is 312 g/mol. The fourth-order valence-corrected chi connectivity index (χ4v) is 3.59. The summed E-state index contributed by atoms with van der Waals surface area (Å²) >= 11 is 0. The second-order valence-corrected chi connectivity index (χ2v) is 6.64. The zero-order valence-corrected chi connectivity index (χ0v) is 13.0. The summed E-state index contributed by atoms with van der Waals surface area (Å²) in [6.45, 7) is 2.84. The number of esters is 1. The summed E-state index contributed by atoms with van der Waals surface area (Å²) in [4.78, 5) is 13.9. The van der Waals surface area contributed by atoms with E-state index in [0.29, 0.717) is 6.54 Å². The number of hydrogen-bond donors (Lipinski definition) is 1. The van der Waals surface area contributed by atoms with E-state index in [4.69, 9.17) is 4.74 Å². The van der Waals surface area contributed by atoms with E-state index < -0.39 is 10.0 Å². The van der Waals surface area contributed by atoms with E-state index in [-0.39, 0.29) is 16.9 Å². The summed E-state index contributed by atoms with van der Waals surface area (Å²) in [5.41, 5.74) is 0.832. The Kier molecular flexibility index (Phi) is 4.84. The average molecular weight is 312 g/mol. The molecule has 0 amide bonds. The number of hydrogen-bond acceptors (Lipinski definition) is 5. The minimum Gasteiger partial charge on any atom is -0.467 e. The first-order chi connectivity index (χ1) is 9.99. The summed E-state index contributed by atoms with van der Waals surface area (Å²) in [6.07, 6.45) is 1.67. The van der Waals surface area contributed by atoms with E-state index in [1.807, 2.05) is 4.90 Å². The van der Waals surface area contributed by atoms with Crippen molar-refractivity contribution in [3.63, 3.8) is 0 Å². The standard InChI is InChI=1S/C14H20N2O4S/c1-3-15-21(18,19)12-8-6-11(7-9-12)16-10-4-5-13(16)14(17)20-2/h6-9,13,15H,3-5,10H2,1-2H3. The second kappa shape index (κ2) is 6.44. The average Bonchev–Trinajstić information content (AvgIpc) is 2.96. The van der Waals surface area contributed by atoms with Crippen molar-refractivity contribution in [1.82, 2.24) is 4.72 Å². The molecule has 1 aliphatic heterocycles. The SMILES string of the molecule is CCNS(=O)(=O)c1ccc(N2CCCC2C(=O)OC)cc1. The molecular weight excluding hydrogens is 292 g/mol. The molecule has 0 aromatic heterocycles. The van der Waals surface area contributed by atoms with Crippen molar-refractivity contribution in [2.75, 3.05) is 25.1 Å². The topological polar surface area (TPSA) is 75.7 Å². The van der Waals surface area contributed by atoms with Crippen molar-refractivity contribution in [1.29, 1.82) is 0 Å². The number of carbonyl (C=O) groups is 1. The number of carbonyl (C=O) groups excluding carboxylic acids is 1. The Morgan fingerprint density at radius 1 is 1.38 bits per heavy atom. The largest absolute Gasteiger partial charge is 0.467 e. The Hall–Kier alpha value is -1.60. The lowest BCUT2D eigenvalue weighted by Gasteiger charge is -2.24. The zero-order chi connectivity index (χ0) is 15.5. The molecule has 0 saturated carbocycles. The number of benzene rings is 1. The van der Waals surface area contributed by atoms with Crippen LogP contribution in [0.5, 0.6) is 0 Å². The maximum atomic E-state index is 11.9. The Morgan fingerprint density at radius 2 is 2.05 bits per heavy atom. The Bertz CT molecular complexity index is 598. The molecule has 0 spiro atoms. The maximum absolute atomic E-state index is 11.9. The van der Waals surface area contributed by atoms with Crippen molar-refractivity contribution in [2.24, 2.45) is 0 Å². The van der Waals surface area contributed by atoms with Gasteiger partial charge in [-0.2, -0.15) is 0 Å². The molecule has 6 nitrogen and oxygen atoms in total. The Balaban J connectivity index is 2.21. The molecule has 1 aromatic rings. The van der Waals surface area contributed by atoms with Crippen LogP contribution in [0.4, 0.5) is 5.69 Å². The molecule has 1 aromatic carbocycles. The molecular formula is C14H20N2O4S. The number of nitrogens with zero attached hydrogens (tertiary/aromatic N) is 1. The predicted molar refractivity (Wildman–Crippen MR) is 79.7 cm³/mol. The summed E-state index contributed by atoms with van der Waals surface area (Å²) in [7, 11) is -2.07. The highest BCUT2D eigenvalue weighted by Crippen LogP contribution is 2.27. The van der Waals surface area contributed by atoms with E-state index in [2.05, 4.69) is 4.72 Å². The van der Waals surface area contributed by atoms with Crippen LogP contribution in [0.3, 0.4) is 0 Å². The van der Waals surface area contributed by atoms with Gasteiger partial charge in [0.1, 0.15) is 6.04 Å². The van der Waals surface area contributed by atoms with Gasteiger partial charge in [-0.05, 0) is 37.1 Å². The highest BCUT2D eigenvalue weighted by molar-refractivity contribution is 7.89. The number of methoxy groups -OCH3 is 1. The lowest BCUT2D eigenvalue weighted by Crippen LogP contribution is -2.36. The fourth-order valence-electron chi connectivity index (χ4n) is 2.55. The summed E-state index contributed by atoms with van der Waals surface area (Å²) in [6, 6.07) is 6.28. The van der Waals surface area contributed by atoms with Crippen LogP contribution in [0, 0.1) is 0 Å². The van der Waals surface area contributed by atoms with Crippen molar-refractivity contribution >= 4 is 21.7 Å².